The number of carboxylic acids is 1. The Morgan fingerprint density at radius 3 is 2.60 bits per heavy atom. The topological polar surface area (TPSA) is 107 Å². The van der Waals surface area contributed by atoms with Crippen LogP contribution in [-0.2, 0) is 11.2 Å². The normalized spacial score (nSPS) is 12.2. The van der Waals surface area contributed by atoms with Crippen molar-refractivity contribution in [2.45, 2.75) is 39.2 Å². The summed E-state index contributed by atoms with van der Waals surface area (Å²) in [6.45, 7) is 4.67. The van der Waals surface area contributed by atoms with Crippen LogP contribution >= 0.6 is 0 Å². The predicted octanol–water partition coefficient (Wildman–Crippen LogP) is 1.14. The lowest BCUT2D eigenvalue weighted by Gasteiger charge is -2.17. The van der Waals surface area contributed by atoms with Crippen molar-refractivity contribution in [3.63, 3.8) is 0 Å². The van der Waals surface area contributed by atoms with Gasteiger partial charge in [0.1, 0.15) is 6.04 Å². The molecule has 112 valence electrons. The minimum atomic E-state index is -1.07. The van der Waals surface area contributed by atoms with Gasteiger partial charge in [-0.2, -0.15) is 0 Å². The van der Waals surface area contributed by atoms with E-state index in [9.17, 15) is 9.59 Å². The number of aliphatic carboxylic acids is 1. The summed E-state index contributed by atoms with van der Waals surface area (Å²) in [5.74, 6) is -0.658. The van der Waals surface area contributed by atoms with Gasteiger partial charge < -0.3 is 20.7 Å². The highest BCUT2D eigenvalue weighted by atomic mass is 16.4. The summed E-state index contributed by atoms with van der Waals surface area (Å²) in [6.07, 6.45) is 5.15. The lowest BCUT2D eigenvalue weighted by Crippen LogP contribution is -2.48. The second-order valence-electron chi connectivity index (χ2n) is 4.71. The van der Waals surface area contributed by atoms with Crippen LogP contribution in [0.1, 0.15) is 32.4 Å². The molecule has 2 amide bonds. The maximum Gasteiger partial charge on any atom is 0.326 e. The zero-order chi connectivity index (χ0) is 15.0. The van der Waals surface area contributed by atoms with Crippen molar-refractivity contribution in [3.8, 4) is 0 Å². The molecule has 0 saturated carbocycles. The van der Waals surface area contributed by atoms with Gasteiger partial charge in [0, 0.05) is 24.9 Å². The van der Waals surface area contributed by atoms with E-state index >= 15 is 0 Å². The van der Waals surface area contributed by atoms with Crippen LogP contribution < -0.4 is 10.6 Å². The summed E-state index contributed by atoms with van der Waals surface area (Å²) in [5.41, 5.74) is 0.665. The molecule has 0 aliphatic rings. The number of hydrogen-bond acceptors (Lipinski definition) is 3. The molecular formula is C13H22N4O3. The molecule has 7 heteroatoms. The van der Waals surface area contributed by atoms with Gasteiger partial charge >= 0.3 is 12.0 Å². The standard InChI is InChI=1S/C13H22N4O3/c1-3-9(4-2)6-15-13(20)17-11(12(18)19)5-10-7-14-8-16-10/h7-9,11H,3-6H2,1-2H3,(H,14,16)(H,18,19)(H2,15,17,20)/t11-/m0/s1. The zero-order valence-electron chi connectivity index (χ0n) is 11.8. The number of rotatable bonds is 8. The third-order valence-electron chi connectivity index (χ3n) is 3.29. The number of aromatic amines is 1. The number of nitrogens with zero attached hydrogens (tertiary/aromatic N) is 1. The number of carbonyl (C=O) groups is 2. The SMILES string of the molecule is CCC(CC)CNC(=O)N[C@@H](Cc1cnc[nH]1)C(=O)O. The molecule has 1 aromatic rings. The van der Waals surface area contributed by atoms with Crippen LogP contribution in [0.3, 0.4) is 0 Å². The molecule has 1 heterocycles. The minimum Gasteiger partial charge on any atom is -0.480 e. The van der Waals surface area contributed by atoms with E-state index in [0.29, 0.717) is 18.2 Å². The molecule has 4 N–H and O–H groups in total. The summed E-state index contributed by atoms with van der Waals surface area (Å²) in [4.78, 5) is 29.5. The van der Waals surface area contributed by atoms with Gasteiger partial charge in [0.2, 0.25) is 0 Å². The van der Waals surface area contributed by atoms with Crippen molar-refractivity contribution in [3.05, 3.63) is 18.2 Å². The number of H-pyrrole nitrogens is 1. The fourth-order valence-corrected chi connectivity index (χ4v) is 1.84. The first kappa shape index (κ1) is 16.0. The number of nitrogens with one attached hydrogen (secondary N) is 3. The van der Waals surface area contributed by atoms with E-state index < -0.39 is 18.0 Å². The summed E-state index contributed by atoms with van der Waals surface area (Å²) in [6, 6.07) is -1.43. The van der Waals surface area contributed by atoms with Crippen LogP contribution in [0.4, 0.5) is 4.79 Å². The second kappa shape index (κ2) is 8.19. The maximum absolute atomic E-state index is 11.7. The number of urea groups is 1. The van der Waals surface area contributed by atoms with Crippen LogP contribution in [0, 0.1) is 5.92 Å². The molecule has 20 heavy (non-hydrogen) atoms. The van der Waals surface area contributed by atoms with E-state index in [2.05, 4.69) is 34.4 Å². The number of hydrogen-bond donors (Lipinski definition) is 4. The third kappa shape index (κ3) is 5.29. The van der Waals surface area contributed by atoms with Crippen molar-refractivity contribution in [2.24, 2.45) is 5.92 Å². The summed E-state index contributed by atoms with van der Waals surface area (Å²) >= 11 is 0. The van der Waals surface area contributed by atoms with E-state index in [1.165, 1.54) is 6.33 Å². The van der Waals surface area contributed by atoms with E-state index in [0.717, 1.165) is 12.8 Å². The molecule has 1 aromatic heterocycles. The van der Waals surface area contributed by atoms with Gasteiger partial charge in [0.05, 0.1) is 6.33 Å². The largest absolute Gasteiger partial charge is 0.480 e. The molecule has 1 atom stereocenters. The van der Waals surface area contributed by atoms with E-state index in [-0.39, 0.29) is 6.42 Å². The van der Waals surface area contributed by atoms with Crippen LogP contribution in [0.15, 0.2) is 12.5 Å². The minimum absolute atomic E-state index is 0.174. The second-order valence-corrected chi connectivity index (χ2v) is 4.71. The Morgan fingerprint density at radius 1 is 1.40 bits per heavy atom. The van der Waals surface area contributed by atoms with Gasteiger partial charge in [-0.3, -0.25) is 0 Å². The molecule has 0 fully saturated rings. The van der Waals surface area contributed by atoms with E-state index in [1.54, 1.807) is 6.20 Å². The Balaban J connectivity index is 2.45. The molecule has 0 bridgehead atoms. The lowest BCUT2D eigenvalue weighted by molar-refractivity contribution is -0.139. The first-order valence-electron chi connectivity index (χ1n) is 6.81. The summed E-state index contributed by atoms with van der Waals surface area (Å²) in [7, 11) is 0. The third-order valence-corrected chi connectivity index (χ3v) is 3.29. The van der Waals surface area contributed by atoms with Gasteiger partial charge in [0.25, 0.3) is 0 Å². The molecular weight excluding hydrogens is 260 g/mol. The molecule has 0 unspecified atom stereocenters. The van der Waals surface area contributed by atoms with E-state index in [4.69, 9.17) is 5.11 Å². The fourth-order valence-electron chi connectivity index (χ4n) is 1.84. The molecule has 0 spiro atoms. The Kier molecular flexibility index (Phi) is 6.55. The molecule has 1 rings (SSSR count). The van der Waals surface area contributed by atoms with Gasteiger partial charge in [-0.15, -0.1) is 0 Å². The number of aromatic nitrogens is 2. The van der Waals surface area contributed by atoms with Gasteiger partial charge in [-0.1, -0.05) is 26.7 Å². The highest BCUT2D eigenvalue weighted by Crippen LogP contribution is 2.05. The monoisotopic (exact) mass is 282 g/mol. The Bertz CT molecular complexity index is 415. The van der Waals surface area contributed by atoms with Crippen LogP contribution in [0.2, 0.25) is 0 Å². The van der Waals surface area contributed by atoms with Gasteiger partial charge in [-0.05, 0) is 5.92 Å². The van der Waals surface area contributed by atoms with Gasteiger partial charge in [-0.25, -0.2) is 14.6 Å². The summed E-state index contributed by atoms with van der Waals surface area (Å²) in [5, 5.41) is 14.3. The Labute approximate surface area is 118 Å². The average molecular weight is 282 g/mol. The molecule has 0 aliphatic heterocycles. The molecule has 0 radical (unpaired) electrons. The Morgan fingerprint density at radius 2 is 2.10 bits per heavy atom. The smallest absolute Gasteiger partial charge is 0.326 e. The van der Waals surface area contributed by atoms with Crippen molar-refractivity contribution >= 4 is 12.0 Å². The lowest BCUT2D eigenvalue weighted by atomic mass is 10.0. The van der Waals surface area contributed by atoms with Crippen LogP contribution in [0.5, 0.6) is 0 Å². The quantitative estimate of drug-likeness (QED) is 0.573. The van der Waals surface area contributed by atoms with E-state index in [1.807, 2.05) is 0 Å². The van der Waals surface area contributed by atoms with Crippen LogP contribution in [-0.4, -0.2) is 39.7 Å². The van der Waals surface area contributed by atoms with Crippen molar-refractivity contribution < 1.29 is 14.7 Å². The number of imidazole rings is 1. The average Bonchev–Trinajstić information content (AvgIpc) is 2.92. The number of amides is 2. The molecule has 0 aromatic carbocycles. The van der Waals surface area contributed by atoms with Crippen molar-refractivity contribution in [1.82, 2.24) is 20.6 Å². The van der Waals surface area contributed by atoms with Crippen molar-refractivity contribution in [1.29, 1.82) is 0 Å². The predicted molar refractivity (Wildman–Crippen MR) is 74.3 cm³/mol. The molecule has 7 nitrogen and oxygen atoms in total. The zero-order valence-corrected chi connectivity index (χ0v) is 11.8. The highest BCUT2D eigenvalue weighted by molar-refractivity contribution is 5.82. The van der Waals surface area contributed by atoms with Crippen LogP contribution in [0.25, 0.3) is 0 Å². The fraction of sp³-hybridized carbons (Fsp3) is 0.615. The van der Waals surface area contributed by atoms with Crippen molar-refractivity contribution in [2.75, 3.05) is 6.54 Å². The summed E-state index contributed by atoms with van der Waals surface area (Å²) < 4.78 is 0. The van der Waals surface area contributed by atoms with Gasteiger partial charge in [0.15, 0.2) is 0 Å². The number of carboxylic acid groups (broad SMARTS) is 1. The first-order valence-corrected chi connectivity index (χ1v) is 6.81. The first-order chi connectivity index (χ1) is 9.56. The molecule has 0 aliphatic carbocycles. The molecule has 0 saturated heterocycles. The Hall–Kier alpha value is -2.05. The highest BCUT2D eigenvalue weighted by Gasteiger charge is 2.21. The maximum atomic E-state index is 11.7. The number of carbonyl (C=O) groups excluding carboxylic acids is 1.